The van der Waals surface area contributed by atoms with Crippen LogP contribution in [0.3, 0.4) is 0 Å². The minimum Gasteiger partial charge on any atom is -0.325 e. The van der Waals surface area contributed by atoms with E-state index in [2.05, 4.69) is 20.9 Å². The Hall–Kier alpha value is -0.670. The minimum absolute atomic E-state index is 0.0870. The van der Waals surface area contributed by atoms with Gasteiger partial charge < -0.3 is 5.73 Å². The van der Waals surface area contributed by atoms with E-state index in [0.29, 0.717) is 0 Å². The van der Waals surface area contributed by atoms with Gasteiger partial charge in [-0.2, -0.15) is 0 Å². The molecule has 1 heterocycles. The predicted octanol–water partition coefficient (Wildman–Crippen LogP) is 2.20. The van der Waals surface area contributed by atoms with Gasteiger partial charge in [0.05, 0.1) is 0 Å². The van der Waals surface area contributed by atoms with Gasteiger partial charge in [0, 0.05) is 22.9 Å². The first-order valence-electron chi connectivity index (χ1n) is 3.73. The number of halogens is 1. The van der Waals surface area contributed by atoms with Crippen LogP contribution in [0.5, 0.6) is 0 Å². The van der Waals surface area contributed by atoms with Crippen molar-refractivity contribution in [1.82, 2.24) is 4.98 Å². The second-order valence-electron chi connectivity index (χ2n) is 2.65. The average Bonchev–Trinajstić information content (AvgIpc) is 2.01. The monoisotopic (exact) mass is 226 g/mol. The molecule has 0 amide bonds. The first kappa shape index (κ1) is 9.42. The molecule has 2 N–H and O–H groups in total. The van der Waals surface area contributed by atoms with Gasteiger partial charge in [0.25, 0.3) is 0 Å². The number of hydrogen-bond acceptors (Lipinski definition) is 2. The Morgan fingerprint density at radius 2 is 2.33 bits per heavy atom. The maximum Gasteiger partial charge on any atom is 0.0410 e. The van der Waals surface area contributed by atoms with Gasteiger partial charge in [-0.25, -0.2) is 0 Å². The lowest BCUT2D eigenvalue weighted by Gasteiger charge is -1.95. The fourth-order valence-electron chi connectivity index (χ4n) is 0.782. The number of hydrogen-bond donors (Lipinski definition) is 1. The molecule has 0 radical (unpaired) electrons. The molecule has 1 aromatic rings. The zero-order valence-corrected chi connectivity index (χ0v) is 8.45. The van der Waals surface area contributed by atoms with Gasteiger partial charge >= 0.3 is 0 Å². The molecule has 0 aromatic carbocycles. The third-order valence-corrected chi connectivity index (χ3v) is 1.75. The van der Waals surface area contributed by atoms with Crippen LogP contribution in [-0.2, 0) is 0 Å². The summed E-state index contributed by atoms with van der Waals surface area (Å²) >= 11 is 3.34. The highest BCUT2D eigenvalue weighted by Crippen LogP contribution is 2.10. The second-order valence-corrected chi connectivity index (χ2v) is 3.57. The maximum absolute atomic E-state index is 5.56. The number of nitrogens with two attached hydrogens (primary N) is 1. The molecule has 0 bridgehead atoms. The fourth-order valence-corrected chi connectivity index (χ4v) is 1.16. The van der Waals surface area contributed by atoms with Crippen molar-refractivity contribution in [3.8, 4) is 0 Å². The third-order valence-electron chi connectivity index (χ3n) is 1.32. The van der Waals surface area contributed by atoms with E-state index in [-0.39, 0.29) is 6.04 Å². The van der Waals surface area contributed by atoms with E-state index >= 15 is 0 Å². The topological polar surface area (TPSA) is 38.9 Å². The zero-order valence-electron chi connectivity index (χ0n) is 6.87. The van der Waals surface area contributed by atoms with Gasteiger partial charge in [0.15, 0.2) is 0 Å². The Labute approximate surface area is 80.6 Å². The van der Waals surface area contributed by atoms with Crippen LogP contribution in [-0.4, -0.2) is 11.0 Å². The Morgan fingerprint density at radius 3 is 2.92 bits per heavy atom. The Morgan fingerprint density at radius 1 is 1.58 bits per heavy atom. The number of rotatable bonds is 2. The quantitative estimate of drug-likeness (QED) is 0.841. The Balaban J connectivity index is 2.76. The lowest BCUT2D eigenvalue weighted by molar-refractivity contribution is 0.930. The van der Waals surface area contributed by atoms with E-state index in [0.717, 1.165) is 10.0 Å². The Bertz CT molecular complexity index is 282. The maximum atomic E-state index is 5.56. The predicted molar refractivity (Wildman–Crippen MR) is 54.6 cm³/mol. The van der Waals surface area contributed by atoms with Gasteiger partial charge in [-0.05, 0) is 34.5 Å². The van der Waals surface area contributed by atoms with Crippen LogP contribution < -0.4 is 5.73 Å². The first-order chi connectivity index (χ1) is 5.68. The lowest BCUT2D eigenvalue weighted by Crippen LogP contribution is -2.09. The van der Waals surface area contributed by atoms with E-state index in [1.165, 1.54) is 0 Å². The molecule has 2 nitrogen and oxygen atoms in total. The zero-order chi connectivity index (χ0) is 8.97. The molecule has 1 aromatic heterocycles. The van der Waals surface area contributed by atoms with Gasteiger partial charge in [-0.3, -0.25) is 4.98 Å². The molecule has 0 aliphatic heterocycles. The molecule has 0 saturated heterocycles. The molecule has 1 rings (SSSR count). The second kappa shape index (κ2) is 4.38. The number of nitrogens with zero attached hydrogens (tertiary/aromatic N) is 1. The minimum atomic E-state index is 0.0870. The normalized spacial score (nSPS) is 13.6. The van der Waals surface area contributed by atoms with Crippen LogP contribution in [0.15, 0.2) is 29.0 Å². The van der Waals surface area contributed by atoms with Crippen molar-refractivity contribution in [2.45, 2.75) is 13.0 Å². The smallest absolute Gasteiger partial charge is 0.0410 e. The summed E-state index contributed by atoms with van der Waals surface area (Å²) in [7, 11) is 0. The van der Waals surface area contributed by atoms with Crippen molar-refractivity contribution < 1.29 is 0 Å². The molecule has 1 atom stereocenters. The fraction of sp³-hybridized carbons (Fsp3) is 0.222. The molecule has 0 spiro atoms. The number of pyridine rings is 1. The van der Waals surface area contributed by atoms with Crippen LogP contribution >= 0.6 is 15.9 Å². The van der Waals surface area contributed by atoms with E-state index in [1.807, 2.05) is 25.1 Å². The molecule has 0 saturated carbocycles. The summed E-state index contributed by atoms with van der Waals surface area (Å²) in [6.45, 7) is 1.93. The van der Waals surface area contributed by atoms with Gasteiger partial charge in [0.2, 0.25) is 0 Å². The van der Waals surface area contributed by atoms with Crippen molar-refractivity contribution in [1.29, 1.82) is 0 Å². The first-order valence-corrected chi connectivity index (χ1v) is 4.52. The highest BCUT2D eigenvalue weighted by Gasteiger charge is 1.90. The number of aromatic nitrogens is 1. The molecule has 0 aliphatic rings. The molecule has 64 valence electrons. The highest BCUT2D eigenvalue weighted by molar-refractivity contribution is 9.10. The standard InChI is InChI=1S/C9H11BrN2/c1-7(11)2-3-8-4-9(10)6-12-5-8/h2-7H,11H2,1H3/b3-2+. The molecule has 0 aliphatic carbocycles. The molecule has 1 unspecified atom stereocenters. The Kier molecular flexibility index (Phi) is 3.44. The highest BCUT2D eigenvalue weighted by atomic mass is 79.9. The molecular formula is C9H11BrN2. The lowest BCUT2D eigenvalue weighted by atomic mass is 10.2. The molecule has 0 fully saturated rings. The SMILES string of the molecule is CC(N)/C=C/c1cncc(Br)c1. The van der Waals surface area contributed by atoms with E-state index in [9.17, 15) is 0 Å². The van der Waals surface area contributed by atoms with E-state index < -0.39 is 0 Å². The summed E-state index contributed by atoms with van der Waals surface area (Å²) < 4.78 is 0.981. The summed E-state index contributed by atoms with van der Waals surface area (Å²) in [6.07, 6.45) is 7.44. The van der Waals surface area contributed by atoms with E-state index in [1.54, 1.807) is 12.4 Å². The summed E-state index contributed by atoms with van der Waals surface area (Å²) in [5, 5.41) is 0. The van der Waals surface area contributed by atoms with Gasteiger partial charge in [-0.1, -0.05) is 12.2 Å². The van der Waals surface area contributed by atoms with Crippen LogP contribution in [0, 0.1) is 0 Å². The van der Waals surface area contributed by atoms with Crippen molar-refractivity contribution in [3.05, 3.63) is 34.6 Å². The largest absolute Gasteiger partial charge is 0.325 e. The van der Waals surface area contributed by atoms with Crippen molar-refractivity contribution in [2.75, 3.05) is 0 Å². The third kappa shape index (κ3) is 3.15. The molecule has 12 heavy (non-hydrogen) atoms. The summed E-state index contributed by atoms with van der Waals surface area (Å²) in [5.41, 5.74) is 6.62. The van der Waals surface area contributed by atoms with Crippen LogP contribution in [0.25, 0.3) is 6.08 Å². The van der Waals surface area contributed by atoms with Gasteiger partial charge in [-0.15, -0.1) is 0 Å². The summed E-state index contributed by atoms with van der Waals surface area (Å²) in [5.74, 6) is 0. The van der Waals surface area contributed by atoms with Crippen LogP contribution in [0.1, 0.15) is 12.5 Å². The summed E-state index contributed by atoms with van der Waals surface area (Å²) in [4.78, 5) is 4.02. The van der Waals surface area contributed by atoms with Crippen molar-refractivity contribution in [3.63, 3.8) is 0 Å². The average molecular weight is 227 g/mol. The summed E-state index contributed by atoms with van der Waals surface area (Å²) in [6, 6.07) is 2.08. The molecular weight excluding hydrogens is 216 g/mol. The molecule has 3 heteroatoms. The van der Waals surface area contributed by atoms with E-state index in [4.69, 9.17) is 5.73 Å². The van der Waals surface area contributed by atoms with Crippen LogP contribution in [0.4, 0.5) is 0 Å². The van der Waals surface area contributed by atoms with Crippen molar-refractivity contribution >= 4 is 22.0 Å². The van der Waals surface area contributed by atoms with Gasteiger partial charge in [0.1, 0.15) is 0 Å². The van der Waals surface area contributed by atoms with Crippen LogP contribution in [0.2, 0.25) is 0 Å². The van der Waals surface area contributed by atoms with Crippen molar-refractivity contribution in [2.24, 2.45) is 5.73 Å².